The first-order valence-electron chi connectivity index (χ1n) is 9.65. The fraction of sp³-hybridized carbons (Fsp3) is 0.650. The Labute approximate surface area is 162 Å². The Morgan fingerprint density at radius 3 is 2.62 bits per heavy atom. The topological polar surface area (TPSA) is 38.8 Å². The van der Waals surface area contributed by atoms with E-state index in [9.17, 15) is 4.79 Å². The second kappa shape index (κ2) is 9.18. The number of nitrogens with one attached hydrogen (secondary N) is 1. The van der Waals surface area contributed by atoms with Crippen LogP contribution in [-0.4, -0.2) is 79.5 Å². The van der Waals surface area contributed by atoms with Gasteiger partial charge < -0.3 is 15.1 Å². The quantitative estimate of drug-likeness (QED) is 0.851. The molecule has 0 bridgehead atoms. The summed E-state index contributed by atoms with van der Waals surface area (Å²) in [5.74, 6) is 0.196. The minimum absolute atomic E-state index is 0.196. The van der Waals surface area contributed by atoms with Gasteiger partial charge in [-0.15, -0.1) is 0 Å². The second-order valence-electron chi connectivity index (χ2n) is 7.81. The number of carbonyl (C=O) groups excluding carboxylic acids is 1. The largest absolute Gasteiger partial charge is 0.353 e. The van der Waals surface area contributed by atoms with Crippen molar-refractivity contribution in [1.29, 1.82) is 0 Å². The molecule has 144 valence electrons. The molecular formula is C20H31ClN4O. The van der Waals surface area contributed by atoms with Crippen molar-refractivity contribution in [1.82, 2.24) is 20.0 Å². The van der Waals surface area contributed by atoms with Crippen molar-refractivity contribution in [3.63, 3.8) is 0 Å². The van der Waals surface area contributed by atoms with Crippen molar-refractivity contribution in [3.8, 4) is 0 Å². The van der Waals surface area contributed by atoms with E-state index < -0.39 is 0 Å². The summed E-state index contributed by atoms with van der Waals surface area (Å²) in [5, 5.41) is 4.10. The zero-order valence-corrected chi connectivity index (χ0v) is 16.7. The van der Waals surface area contributed by atoms with Gasteiger partial charge in [0.05, 0.1) is 0 Å². The molecule has 1 N–H and O–H groups in total. The summed E-state index contributed by atoms with van der Waals surface area (Å²) in [4.78, 5) is 19.5. The standard InChI is InChI=1S/C20H31ClN4O/c1-23-11-12-24(2)18(15-23)13-20(26)22-17-7-9-25(10-8-17)14-16-5-3-4-6-19(16)21/h3-6,17-18H,7-15H2,1-2H3,(H,22,26). The summed E-state index contributed by atoms with van der Waals surface area (Å²) >= 11 is 6.26. The lowest BCUT2D eigenvalue weighted by atomic mass is 10.0. The third-order valence-electron chi connectivity index (χ3n) is 5.71. The van der Waals surface area contributed by atoms with Crippen molar-refractivity contribution in [2.45, 2.75) is 37.9 Å². The lowest BCUT2D eigenvalue weighted by Crippen LogP contribution is -2.52. The van der Waals surface area contributed by atoms with E-state index in [-0.39, 0.29) is 5.91 Å². The molecule has 3 rings (SSSR count). The third kappa shape index (κ3) is 5.43. The van der Waals surface area contributed by atoms with E-state index in [1.54, 1.807) is 0 Å². The van der Waals surface area contributed by atoms with Crippen LogP contribution in [-0.2, 0) is 11.3 Å². The Morgan fingerprint density at radius 1 is 1.15 bits per heavy atom. The number of piperazine rings is 1. The van der Waals surface area contributed by atoms with Crippen LogP contribution in [0.5, 0.6) is 0 Å². The highest BCUT2D eigenvalue weighted by Gasteiger charge is 2.26. The van der Waals surface area contributed by atoms with Gasteiger partial charge in [0.1, 0.15) is 0 Å². The van der Waals surface area contributed by atoms with Crippen molar-refractivity contribution >= 4 is 17.5 Å². The molecule has 2 heterocycles. The van der Waals surface area contributed by atoms with E-state index in [1.807, 2.05) is 18.2 Å². The molecule has 0 radical (unpaired) electrons. The predicted molar refractivity (Wildman–Crippen MR) is 106 cm³/mol. The van der Waals surface area contributed by atoms with E-state index >= 15 is 0 Å². The number of piperidine rings is 1. The highest BCUT2D eigenvalue weighted by Crippen LogP contribution is 2.20. The fourth-order valence-corrected chi connectivity index (χ4v) is 4.12. The molecule has 0 saturated carbocycles. The van der Waals surface area contributed by atoms with Crippen LogP contribution in [0, 0.1) is 0 Å². The monoisotopic (exact) mass is 378 g/mol. The fourth-order valence-electron chi connectivity index (χ4n) is 3.93. The lowest BCUT2D eigenvalue weighted by molar-refractivity contribution is -0.123. The van der Waals surface area contributed by atoms with Crippen molar-refractivity contribution in [2.24, 2.45) is 0 Å². The molecule has 2 aliphatic heterocycles. The van der Waals surface area contributed by atoms with Crippen LogP contribution < -0.4 is 5.32 Å². The van der Waals surface area contributed by atoms with E-state index in [0.29, 0.717) is 18.5 Å². The van der Waals surface area contributed by atoms with Crippen LogP contribution in [0.3, 0.4) is 0 Å². The van der Waals surface area contributed by atoms with Gasteiger partial charge in [-0.3, -0.25) is 9.69 Å². The minimum atomic E-state index is 0.196. The first kappa shape index (κ1) is 19.6. The number of carbonyl (C=O) groups is 1. The number of likely N-dealkylation sites (tertiary alicyclic amines) is 1. The Morgan fingerprint density at radius 2 is 1.88 bits per heavy atom. The molecule has 26 heavy (non-hydrogen) atoms. The van der Waals surface area contributed by atoms with Gasteiger partial charge in [0.15, 0.2) is 0 Å². The number of hydrogen-bond donors (Lipinski definition) is 1. The van der Waals surface area contributed by atoms with Gasteiger partial charge in [0.25, 0.3) is 0 Å². The van der Waals surface area contributed by atoms with E-state index in [0.717, 1.165) is 57.1 Å². The van der Waals surface area contributed by atoms with Gasteiger partial charge in [-0.05, 0) is 38.6 Å². The maximum atomic E-state index is 12.5. The average molecular weight is 379 g/mol. The average Bonchev–Trinajstić information content (AvgIpc) is 2.62. The first-order chi connectivity index (χ1) is 12.5. The van der Waals surface area contributed by atoms with E-state index in [2.05, 4.69) is 40.2 Å². The molecule has 1 amide bonds. The molecule has 0 aliphatic carbocycles. The van der Waals surface area contributed by atoms with E-state index in [1.165, 1.54) is 5.56 Å². The van der Waals surface area contributed by atoms with Crippen molar-refractivity contribution in [2.75, 3.05) is 46.8 Å². The van der Waals surface area contributed by atoms with Gasteiger partial charge in [0.2, 0.25) is 5.91 Å². The number of benzene rings is 1. The predicted octanol–water partition coefficient (Wildman–Crippen LogP) is 2.06. The lowest BCUT2D eigenvalue weighted by Gasteiger charge is -2.38. The first-order valence-corrected chi connectivity index (χ1v) is 10.0. The van der Waals surface area contributed by atoms with Crippen molar-refractivity contribution < 1.29 is 4.79 Å². The van der Waals surface area contributed by atoms with Crippen LogP contribution in [0.1, 0.15) is 24.8 Å². The van der Waals surface area contributed by atoms with Crippen LogP contribution >= 0.6 is 11.6 Å². The van der Waals surface area contributed by atoms with Gasteiger partial charge >= 0.3 is 0 Å². The summed E-state index contributed by atoms with van der Waals surface area (Å²) in [6.07, 6.45) is 2.62. The second-order valence-corrected chi connectivity index (χ2v) is 8.22. The summed E-state index contributed by atoms with van der Waals surface area (Å²) in [6, 6.07) is 8.67. The normalized spacial score (nSPS) is 23.9. The number of hydrogen-bond acceptors (Lipinski definition) is 4. The maximum absolute atomic E-state index is 12.5. The van der Waals surface area contributed by atoms with E-state index in [4.69, 9.17) is 11.6 Å². The Bertz CT molecular complexity index is 603. The molecule has 2 fully saturated rings. The summed E-state index contributed by atoms with van der Waals surface area (Å²) in [6.45, 7) is 5.98. The Hall–Kier alpha value is -1.14. The van der Waals surface area contributed by atoms with Crippen LogP contribution in [0.15, 0.2) is 24.3 Å². The number of nitrogens with zero attached hydrogens (tertiary/aromatic N) is 3. The summed E-state index contributed by atoms with van der Waals surface area (Å²) < 4.78 is 0. The molecule has 1 unspecified atom stereocenters. The molecule has 1 aromatic rings. The summed E-state index contributed by atoms with van der Waals surface area (Å²) in [5.41, 5.74) is 1.18. The summed E-state index contributed by atoms with van der Waals surface area (Å²) in [7, 11) is 4.25. The molecule has 6 heteroatoms. The minimum Gasteiger partial charge on any atom is -0.353 e. The molecule has 5 nitrogen and oxygen atoms in total. The Kier molecular flexibility index (Phi) is 6.92. The zero-order valence-electron chi connectivity index (χ0n) is 16.0. The number of halogens is 1. The Balaban J connectivity index is 1.41. The van der Waals surface area contributed by atoms with Crippen LogP contribution in [0.25, 0.3) is 0 Å². The molecule has 2 saturated heterocycles. The number of amides is 1. The van der Waals surface area contributed by atoms with Crippen LogP contribution in [0.2, 0.25) is 5.02 Å². The molecule has 1 aromatic carbocycles. The smallest absolute Gasteiger partial charge is 0.221 e. The highest BCUT2D eigenvalue weighted by molar-refractivity contribution is 6.31. The molecule has 1 atom stereocenters. The molecular weight excluding hydrogens is 348 g/mol. The SMILES string of the molecule is CN1CCN(C)C(CC(=O)NC2CCN(Cc3ccccc3Cl)CC2)C1. The molecule has 0 spiro atoms. The zero-order chi connectivity index (χ0) is 18.5. The van der Waals surface area contributed by atoms with Crippen LogP contribution in [0.4, 0.5) is 0 Å². The third-order valence-corrected chi connectivity index (χ3v) is 6.07. The van der Waals surface area contributed by atoms with Gasteiger partial charge in [-0.25, -0.2) is 0 Å². The number of rotatable bonds is 5. The molecule has 2 aliphatic rings. The number of likely N-dealkylation sites (N-methyl/N-ethyl adjacent to an activating group) is 2. The van der Waals surface area contributed by atoms with Gasteiger partial charge in [-0.2, -0.15) is 0 Å². The molecule has 0 aromatic heterocycles. The maximum Gasteiger partial charge on any atom is 0.221 e. The van der Waals surface area contributed by atoms with Gasteiger partial charge in [-0.1, -0.05) is 29.8 Å². The highest BCUT2D eigenvalue weighted by atomic mass is 35.5. The van der Waals surface area contributed by atoms with Gasteiger partial charge in [0, 0.05) is 62.8 Å². The van der Waals surface area contributed by atoms with Crippen molar-refractivity contribution in [3.05, 3.63) is 34.9 Å².